The Hall–Kier alpha value is -0.570. The van der Waals surface area contributed by atoms with Crippen molar-refractivity contribution >= 4 is 5.97 Å². The summed E-state index contributed by atoms with van der Waals surface area (Å²) in [7, 11) is 0. The van der Waals surface area contributed by atoms with Crippen molar-refractivity contribution in [3.8, 4) is 0 Å². The first-order valence-electron chi connectivity index (χ1n) is 8.18. The number of rotatable bonds is 6. The number of carboxylic acids is 1. The first-order valence-corrected chi connectivity index (χ1v) is 8.18. The van der Waals surface area contributed by atoms with Gasteiger partial charge in [0, 0.05) is 13.0 Å². The fraction of sp³-hybridized carbons (Fsp3) is 0.938. The Morgan fingerprint density at radius 3 is 2.47 bits per heavy atom. The van der Waals surface area contributed by atoms with Crippen LogP contribution in [0.2, 0.25) is 0 Å². The molecule has 2 rings (SSSR count). The molecule has 1 saturated carbocycles. The Balaban J connectivity index is 1.64. The number of hydrogen-bond acceptors (Lipinski definition) is 2. The molecular weight excluding hydrogens is 238 g/mol. The second kappa shape index (κ2) is 7.88. The Morgan fingerprint density at radius 2 is 1.74 bits per heavy atom. The van der Waals surface area contributed by atoms with Crippen LogP contribution in [0.1, 0.15) is 64.2 Å². The minimum atomic E-state index is -0.640. The topological polar surface area (TPSA) is 40.5 Å². The summed E-state index contributed by atoms with van der Waals surface area (Å²) in [6.07, 6.45) is 12.3. The number of likely N-dealkylation sites (tertiary alicyclic amines) is 1. The molecule has 19 heavy (non-hydrogen) atoms. The third-order valence-corrected chi connectivity index (χ3v) is 4.95. The van der Waals surface area contributed by atoms with Gasteiger partial charge < -0.3 is 10.0 Å². The molecule has 0 bridgehead atoms. The zero-order valence-corrected chi connectivity index (χ0v) is 12.1. The van der Waals surface area contributed by atoms with Gasteiger partial charge in [0.2, 0.25) is 0 Å². The van der Waals surface area contributed by atoms with Crippen molar-refractivity contribution in [2.24, 2.45) is 11.8 Å². The Bertz CT molecular complexity index is 274. The Kier molecular flexibility index (Phi) is 6.15. The summed E-state index contributed by atoms with van der Waals surface area (Å²) in [5, 5.41) is 8.77. The SMILES string of the molecule is O=C(O)CCC1CCCN(CCC2CCCCC2)C1. The lowest BCUT2D eigenvalue weighted by Crippen LogP contribution is -2.37. The standard InChI is InChI=1S/C16H29NO2/c18-16(19)9-8-15-7-4-11-17(13-15)12-10-14-5-2-1-3-6-14/h14-15H,1-13H2,(H,18,19). The molecule has 0 aromatic carbocycles. The van der Waals surface area contributed by atoms with E-state index in [4.69, 9.17) is 5.11 Å². The van der Waals surface area contributed by atoms with Gasteiger partial charge in [-0.05, 0) is 50.6 Å². The van der Waals surface area contributed by atoms with Crippen molar-refractivity contribution in [2.75, 3.05) is 19.6 Å². The van der Waals surface area contributed by atoms with E-state index in [9.17, 15) is 4.79 Å². The first kappa shape index (κ1) is 14.8. The van der Waals surface area contributed by atoms with Gasteiger partial charge in [-0.1, -0.05) is 32.1 Å². The largest absolute Gasteiger partial charge is 0.481 e. The molecular formula is C16H29NO2. The highest BCUT2D eigenvalue weighted by Crippen LogP contribution is 2.27. The van der Waals surface area contributed by atoms with Crippen LogP contribution in [0.3, 0.4) is 0 Å². The number of nitrogens with zero attached hydrogens (tertiary/aromatic N) is 1. The van der Waals surface area contributed by atoms with Crippen molar-refractivity contribution in [1.82, 2.24) is 4.90 Å². The van der Waals surface area contributed by atoms with E-state index in [2.05, 4.69) is 4.90 Å². The highest BCUT2D eigenvalue weighted by atomic mass is 16.4. The predicted octanol–water partition coefficient (Wildman–Crippen LogP) is 3.53. The van der Waals surface area contributed by atoms with E-state index in [1.165, 1.54) is 64.5 Å². The van der Waals surface area contributed by atoms with Crippen molar-refractivity contribution in [3.63, 3.8) is 0 Å². The maximum absolute atomic E-state index is 10.6. The van der Waals surface area contributed by atoms with Crippen LogP contribution in [0.5, 0.6) is 0 Å². The highest BCUT2D eigenvalue weighted by Gasteiger charge is 2.21. The number of aliphatic carboxylic acids is 1. The molecule has 1 saturated heterocycles. The molecule has 0 radical (unpaired) electrons. The second-order valence-electron chi connectivity index (χ2n) is 6.53. The lowest BCUT2D eigenvalue weighted by molar-refractivity contribution is -0.137. The highest BCUT2D eigenvalue weighted by molar-refractivity contribution is 5.66. The van der Waals surface area contributed by atoms with Gasteiger partial charge in [0.1, 0.15) is 0 Å². The van der Waals surface area contributed by atoms with E-state index in [0.29, 0.717) is 12.3 Å². The monoisotopic (exact) mass is 267 g/mol. The fourth-order valence-corrected chi connectivity index (χ4v) is 3.76. The molecule has 0 aromatic heterocycles. The summed E-state index contributed by atoms with van der Waals surface area (Å²) in [6.45, 7) is 3.62. The molecule has 3 heteroatoms. The Morgan fingerprint density at radius 1 is 1.00 bits per heavy atom. The lowest BCUT2D eigenvalue weighted by atomic mass is 9.86. The average Bonchev–Trinajstić information content (AvgIpc) is 2.44. The first-order chi connectivity index (χ1) is 9.24. The maximum Gasteiger partial charge on any atom is 0.303 e. The minimum absolute atomic E-state index is 0.348. The summed E-state index contributed by atoms with van der Waals surface area (Å²) < 4.78 is 0. The van der Waals surface area contributed by atoms with Crippen molar-refractivity contribution < 1.29 is 9.90 Å². The quantitative estimate of drug-likeness (QED) is 0.800. The van der Waals surface area contributed by atoms with Crippen molar-refractivity contribution in [1.29, 1.82) is 0 Å². The van der Waals surface area contributed by atoms with Gasteiger partial charge in [-0.2, -0.15) is 0 Å². The van der Waals surface area contributed by atoms with Crippen LogP contribution in [0.4, 0.5) is 0 Å². The molecule has 2 fully saturated rings. The Labute approximate surface area is 117 Å². The van der Waals surface area contributed by atoms with Crippen LogP contribution in [0, 0.1) is 11.8 Å². The molecule has 110 valence electrons. The molecule has 3 nitrogen and oxygen atoms in total. The van der Waals surface area contributed by atoms with Gasteiger partial charge in [-0.3, -0.25) is 4.79 Å². The number of piperidine rings is 1. The second-order valence-corrected chi connectivity index (χ2v) is 6.53. The summed E-state index contributed by atoms with van der Waals surface area (Å²) in [5.41, 5.74) is 0. The average molecular weight is 267 g/mol. The number of carbonyl (C=O) groups is 1. The molecule has 1 aliphatic heterocycles. The van der Waals surface area contributed by atoms with E-state index in [1.807, 2.05) is 0 Å². The zero-order chi connectivity index (χ0) is 13.5. The minimum Gasteiger partial charge on any atom is -0.481 e. The molecule has 0 spiro atoms. The van der Waals surface area contributed by atoms with Crippen molar-refractivity contribution in [2.45, 2.75) is 64.2 Å². The number of hydrogen-bond donors (Lipinski definition) is 1. The fourth-order valence-electron chi connectivity index (χ4n) is 3.76. The van der Waals surface area contributed by atoms with E-state index in [0.717, 1.165) is 18.9 Å². The molecule has 1 heterocycles. The van der Waals surface area contributed by atoms with Crippen molar-refractivity contribution in [3.05, 3.63) is 0 Å². The molecule has 1 N–H and O–H groups in total. The smallest absolute Gasteiger partial charge is 0.303 e. The van der Waals surface area contributed by atoms with E-state index in [1.54, 1.807) is 0 Å². The van der Waals surface area contributed by atoms with E-state index >= 15 is 0 Å². The summed E-state index contributed by atoms with van der Waals surface area (Å²) in [6, 6.07) is 0. The number of carboxylic acid groups (broad SMARTS) is 1. The maximum atomic E-state index is 10.6. The van der Waals surface area contributed by atoms with E-state index in [-0.39, 0.29) is 0 Å². The van der Waals surface area contributed by atoms with E-state index < -0.39 is 5.97 Å². The molecule has 1 unspecified atom stereocenters. The van der Waals surface area contributed by atoms with Gasteiger partial charge in [0.25, 0.3) is 0 Å². The van der Waals surface area contributed by atoms with Gasteiger partial charge in [-0.25, -0.2) is 0 Å². The summed E-state index contributed by atoms with van der Waals surface area (Å²) in [4.78, 5) is 13.2. The van der Waals surface area contributed by atoms with Crippen LogP contribution >= 0.6 is 0 Å². The van der Waals surface area contributed by atoms with Crippen LogP contribution in [-0.2, 0) is 4.79 Å². The van der Waals surface area contributed by atoms with Crippen LogP contribution < -0.4 is 0 Å². The van der Waals surface area contributed by atoms with Crippen LogP contribution in [0.15, 0.2) is 0 Å². The van der Waals surface area contributed by atoms with Crippen LogP contribution in [-0.4, -0.2) is 35.6 Å². The van der Waals surface area contributed by atoms with Gasteiger partial charge in [0.05, 0.1) is 0 Å². The van der Waals surface area contributed by atoms with Gasteiger partial charge in [0.15, 0.2) is 0 Å². The van der Waals surface area contributed by atoms with Crippen LogP contribution in [0.25, 0.3) is 0 Å². The normalized spacial score (nSPS) is 26.4. The predicted molar refractivity (Wildman–Crippen MR) is 77.2 cm³/mol. The van der Waals surface area contributed by atoms with Gasteiger partial charge in [-0.15, -0.1) is 0 Å². The third-order valence-electron chi connectivity index (χ3n) is 4.95. The molecule has 2 aliphatic rings. The zero-order valence-electron chi connectivity index (χ0n) is 12.1. The third kappa shape index (κ3) is 5.52. The molecule has 1 aliphatic carbocycles. The van der Waals surface area contributed by atoms with Gasteiger partial charge >= 0.3 is 5.97 Å². The molecule has 1 atom stereocenters. The molecule has 0 amide bonds. The summed E-state index contributed by atoms with van der Waals surface area (Å²) in [5.74, 6) is 0.948. The summed E-state index contributed by atoms with van der Waals surface area (Å²) >= 11 is 0. The molecule has 0 aromatic rings. The lowest BCUT2D eigenvalue weighted by Gasteiger charge is -2.34.